The van der Waals surface area contributed by atoms with Crippen molar-refractivity contribution in [2.75, 3.05) is 37.7 Å². The molecule has 0 amide bonds. The molecule has 1 saturated heterocycles. The summed E-state index contributed by atoms with van der Waals surface area (Å²) in [5, 5.41) is 3.45. The molecule has 2 rings (SSSR count). The summed E-state index contributed by atoms with van der Waals surface area (Å²) in [6.07, 6.45) is 1.92. The lowest BCUT2D eigenvalue weighted by Gasteiger charge is -2.28. The predicted octanol–water partition coefficient (Wildman–Crippen LogP) is 2.32. The van der Waals surface area contributed by atoms with E-state index in [0.717, 1.165) is 56.1 Å². The molecule has 1 fully saturated rings. The van der Waals surface area contributed by atoms with Gasteiger partial charge in [-0.25, -0.2) is 4.39 Å². The fourth-order valence-electron chi connectivity index (χ4n) is 2.65. The summed E-state index contributed by atoms with van der Waals surface area (Å²) in [6, 6.07) is 7.07. The fourth-order valence-corrected chi connectivity index (χ4v) is 3.78. The maximum atomic E-state index is 14.0. The third-order valence-corrected chi connectivity index (χ3v) is 5.20. The second kappa shape index (κ2) is 8.61. The van der Waals surface area contributed by atoms with E-state index >= 15 is 0 Å². The van der Waals surface area contributed by atoms with Crippen LogP contribution < -0.4 is 5.32 Å². The summed E-state index contributed by atoms with van der Waals surface area (Å²) in [6.45, 7) is 5.72. The van der Waals surface area contributed by atoms with E-state index in [1.54, 1.807) is 6.07 Å². The summed E-state index contributed by atoms with van der Waals surface area (Å²) in [4.78, 5) is 2.34. The molecular weight excluding hydrogens is 287 g/mol. The van der Waals surface area contributed by atoms with Crippen molar-refractivity contribution in [2.45, 2.75) is 25.8 Å². The van der Waals surface area contributed by atoms with Gasteiger partial charge in [0, 0.05) is 53.5 Å². The van der Waals surface area contributed by atoms with E-state index < -0.39 is 10.8 Å². The average Bonchev–Trinajstić information content (AvgIpc) is 2.50. The maximum Gasteiger partial charge on any atom is 0.127 e. The van der Waals surface area contributed by atoms with E-state index in [2.05, 4.69) is 17.1 Å². The monoisotopic (exact) mass is 312 g/mol. The molecule has 1 aliphatic rings. The zero-order valence-corrected chi connectivity index (χ0v) is 13.5. The third kappa shape index (κ3) is 5.16. The van der Waals surface area contributed by atoms with Crippen LogP contribution >= 0.6 is 0 Å². The Labute approximate surface area is 129 Å². The number of hydrogen-bond donors (Lipinski definition) is 1. The van der Waals surface area contributed by atoms with Gasteiger partial charge in [0.15, 0.2) is 0 Å². The molecule has 0 bridgehead atoms. The largest absolute Gasteiger partial charge is 0.310 e. The van der Waals surface area contributed by atoms with Gasteiger partial charge in [-0.1, -0.05) is 25.1 Å². The van der Waals surface area contributed by atoms with E-state index in [4.69, 9.17) is 0 Å². The van der Waals surface area contributed by atoms with Gasteiger partial charge in [0.2, 0.25) is 0 Å². The third-order valence-electron chi connectivity index (χ3n) is 3.93. The molecule has 1 heterocycles. The highest BCUT2D eigenvalue weighted by atomic mass is 32.2. The highest BCUT2D eigenvalue weighted by Crippen LogP contribution is 2.20. The standard InChI is InChI=1S/C16H25FN2OS/c1-2-8-18-16(14-5-3-4-6-15(14)17)7-9-19-10-12-21(20)13-11-19/h3-6,16,18H,2,7-13H2,1H3. The van der Waals surface area contributed by atoms with E-state index in [9.17, 15) is 8.60 Å². The van der Waals surface area contributed by atoms with E-state index in [0.29, 0.717) is 0 Å². The fraction of sp³-hybridized carbons (Fsp3) is 0.625. The zero-order chi connectivity index (χ0) is 15.1. The van der Waals surface area contributed by atoms with Crippen LogP contribution in [0.3, 0.4) is 0 Å². The molecule has 21 heavy (non-hydrogen) atoms. The lowest BCUT2D eigenvalue weighted by atomic mass is 10.0. The van der Waals surface area contributed by atoms with Crippen LogP contribution in [0.1, 0.15) is 31.4 Å². The summed E-state index contributed by atoms with van der Waals surface area (Å²) < 4.78 is 25.4. The van der Waals surface area contributed by atoms with E-state index in [-0.39, 0.29) is 11.9 Å². The Morgan fingerprint density at radius 2 is 2.05 bits per heavy atom. The second-order valence-electron chi connectivity index (χ2n) is 5.51. The number of hydrogen-bond acceptors (Lipinski definition) is 3. The SMILES string of the molecule is CCCNC(CCN1CCS(=O)CC1)c1ccccc1F. The normalized spacial score (nSPS) is 18.8. The lowest BCUT2D eigenvalue weighted by Crippen LogP contribution is -2.39. The number of nitrogens with one attached hydrogen (secondary N) is 1. The van der Waals surface area contributed by atoms with Crippen molar-refractivity contribution in [1.29, 1.82) is 0 Å². The smallest absolute Gasteiger partial charge is 0.127 e. The Morgan fingerprint density at radius 1 is 1.33 bits per heavy atom. The Bertz CT molecular complexity index is 459. The van der Waals surface area contributed by atoms with Gasteiger partial charge in [-0.3, -0.25) is 4.21 Å². The Morgan fingerprint density at radius 3 is 2.71 bits per heavy atom. The summed E-state index contributed by atoms with van der Waals surface area (Å²) in [7, 11) is -0.637. The molecule has 0 spiro atoms. The number of nitrogens with zero attached hydrogens (tertiary/aromatic N) is 1. The zero-order valence-electron chi connectivity index (χ0n) is 12.7. The minimum Gasteiger partial charge on any atom is -0.310 e. The van der Waals surface area contributed by atoms with Crippen molar-refractivity contribution < 1.29 is 8.60 Å². The molecule has 0 radical (unpaired) electrons. The minimum absolute atomic E-state index is 0.0542. The van der Waals surface area contributed by atoms with Crippen LogP contribution in [-0.4, -0.2) is 46.8 Å². The van der Waals surface area contributed by atoms with Crippen molar-refractivity contribution in [1.82, 2.24) is 10.2 Å². The average molecular weight is 312 g/mol. The summed E-state index contributed by atoms with van der Waals surface area (Å²) in [5.74, 6) is 1.41. The first-order valence-corrected chi connectivity index (χ1v) is 9.24. The first kappa shape index (κ1) is 16.6. The van der Waals surface area contributed by atoms with E-state index in [1.165, 1.54) is 6.07 Å². The molecule has 1 atom stereocenters. The predicted molar refractivity (Wildman–Crippen MR) is 86.4 cm³/mol. The van der Waals surface area contributed by atoms with Gasteiger partial charge in [-0.2, -0.15) is 0 Å². The highest BCUT2D eigenvalue weighted by Gasteiger charge is 2.19. The van der Waals surface area contributed by atoms with Gasteiger partial charge in [-0.05, 0) is 25.5 Å². The number of benzene rings is 1. The Kier molecular flexibility index (Phi) is 6.80. The second-order valence-corrected chi connectivity index (χ2v) is 7.20. The molecule has 1 N–H and O–H groups in total. The van der Waals surface area contributed by atoms with E-state index in [1.807, 2.05) is 12.1 Å². The minimum atomic E-state index is -0.637. The van der Waals surface area contributed by atoms with Crippen molar-refractivity contribution in [3.8, 4) is 0 Å². The van der Waals surface area contributed by atoms with Crippen LogP contribution in [0.2, 0.25) is 0 Å². The van der Waals surface area contributed by atoms with Crippen LogP contribution in [-0.2, 0) is 10.8 Å². The lowest BCUT2D eigenvalue weighted by molar-refractivity contribution is 0.277. The van der Waals surface area contributed by atoms with Gasteiger partial charge < -0.3 is 10.2 Å². The molecule has 0 aromatic heterocycles. The summed E-state index contributed by atoms with van der Waals surface area (Å²) >= 11 is 0. The van der Waals surface area contributed by atoms with Gasteiger partial charge in [0.1, 0.15) is 5.82 Å². The van der Waals surface area contributed by atoms with Crippen molar-refractivity contribution in [2.24, 2.45) is 0 Å². The van der Waals surface area contributed by atoms with Crippen LogP contribution in [0.25, 0.3) is 0 Å². The number of rotatable bonds is 7. The molecule has 1 aromatic rings. The topological polar surface area (TPSA) is 32.3 Å². The van der Waals surface area contributed by atoms with Crippen molar-refractivity contribution in [3.63, 3.8) is 0 Å². The molecule has 1 unspecified atom stereocenters. The molecule has 0 aliphatic carbocycles. The molecule has 5 heteroatoms. The number of halogens is 1. The molecule has 0 saturated carbocycles. The molecule has 3 nitrogen and oxygen atoms in total. The quantitative estimate of drug-likeness (QED) is 0.838. The van der Waals surface area contributed by atoms with Crippen LogP contribution in [0.5, 0.6) is 0 Å². The van der Waals surface area contributed by atoms with Gasteiger partial charge >= 0.3 is 0 Å². The molecule has 1 aromatic carbocycles. The van der Waals surface area contributed by atoms with Crippen molar-refractivity contribution >= 4 is 10.8 Å². The van der Waals surface area contributed by atoms with Crippen molar-refractivity contribution in [3.05, 3.63) is 35.6 Å². The molecular formula is C16H25FN2OS. The first-order valence-electron chi connectivity index (χ1n) is 7.76. The Balaban J connectivity index is 1.93. The highest BCUT2D eigenvalue weighted by molar-refractivity contribution is 7.85. The summed E-state index contributed by atoms with van der Waals surface area (Å²) in [5.41, 5.74) is 0.756. The van der Waals surface area contributed by atoms with Crippen LogP contribution in [0.15, 0.2) is 24.3 Å². The maximum absolute atomic E-state index is 14.0. The first-order chi connectivity index (χ1) is 10.2. The molecule has 118 valence electrons. The Hall–Kier alpha value is -0.780. The van der Waals surface area contributed by atoms with Gasteiger partial charge in [-0.15, -0.1) is 0 Å². The van der Waals surface area contributed by atoms with Gasteiger partial charge in [0.05, 0.1) is 0 Å². The van der Waals surface area contributed by atoms with Crippen LogP contribution in [0.4, 0.5) is 4.39 Å². The van der Waals surface area contributed by atoms with Crippen LogP contribution in [0, 0.1) is 5.82 Å². The molecule has 1 aliphatic heterocycles. The van der Waals surface area contributed by atoms with Gasteiger partial charge in [0.25, 0.3) is 0 Å².